The van der Waals surface area contributed by atoms with Crippen molar-refractivity contribution in [2.75, 3.05) is 0 Å². The summed E-state index contributed by atoms with van der Waals surface area (Å²) in [4.78, 5) is 0. The molecule has 0 rings (SSSR count). The summed E-state index contributed by atoms with van der Waals surface area (Å²) in [6.07, 6.45) is 0. The van der Waals surface area contributed by atoms with Crippen LogP contribution < -0.4 is 10.6 Å². The number of rotatable bonds is 0. The van der Waals surface area contributed by atoms with Crippen molar-refractivity contribution in [3.8, 4) is 0 Å². The lowest BCUT2D eigenvalue weighted by molar-refractivity contribution is -0.589. The Morgan fingerprint density at radius 1 is 0.800 bits per heavy atom. The average Bonchev–Trinajstić information content (AvgIpc) is 1.50. The number of hydrogen-bond donors (Lipinski definition) is 0. The van der Waals surface area contributed by atoms with Gasteiger partial charge in [0.05, 0.1) is 0 Å². The lowest BCUT2D eigenvalue weighted by Gasteiger charge is -1.52. The minimum atomic E-state index is 0. The summed E-state index contributed by atoms with van der Waals surface area (Å²) in [6, 6.07) is 0. The van der Waals surface area contributed by atoms with Gasteiger partial charge in [-0.15, -0.1) is 0 Å². The molecule has 0 heterocycles. The SMILES string of the molecule is [O+2].[O-]F.[O-]F. The molecule has 0 aromatic rings. The van der Waals surface area contributed by atoms with E-state index in [9.17, 15) is 0 Å². The Bertz CT molecular complexity index is 4.85. The van der Waals surface area contributed by atoms with Crippen LogP contribution in [0.3, 0.4) is 0 Å². The fraction of sp³-hybridized carbons (Fsp3) is 0. The largest absolute Gasteiger partial charge is 2.00 e. The minimum Gasteiger partial charge on any atom is -0.682 e. The first kappa shape index (κ1) is 21.9. The Balaban J connectivity index is -0.0000000133. The molecule has 0 saturated heterocycles. The van der Waals surface area contributed by atoms with Gasteiger partial charge in [0.25, 0.3) is 0 Å². The van der Waals surface area contributed by atoms with E-state index in [1.165, 1.54) is 0 Å². The lowest BCUT2D eigenvalue weighted by Crippen LogP contribution is -1.67. The first-order valence-electron chi connectivity index (χ1n) is 0.309. The van der Waals surface area contributed by atoms with E-state index < -0.39 is 0 Å². The highest BCUT2D eigenvalue weighted by Crippen LogP contribution is 0.901. The van der Waals surface area contributed by atoms with Gasteiger partial charge in [-0.25, -0.2) is 0 Å². The van der Waals surface area contributed by atoms with E-state index in [-0.39, 0.29) is 5.48 Å². The van der Waals surface area contributed by atoms with Gasteiger partial charge >= 0.3 is 5.48 Å². The molecule has 0 aromatic carbocycles. The molecule has 5 heteroatoms. The summed E-state index contributed by atoms with van der Waals surface area (Å²) in [5.41, 5.74) is 0. The Morgan fingerprint density at radius 2 is 0.800 bits per heavy atom. The van der Waals surface area contributed by atoms with Gasteiger partial charge in [-0.05, 0) is 0 Å². The van der Waals surface area contributed by atoms with Crippen LogP contribution in [0.5, 0.6) is 0 Å². The number of halogens is 2. The predicted octanol–water partition coefficient (Wildman–Crippen LogP) is -1.66. The monoisotopic (exact) mass is 86.0 g/mol. The van der Waals surface area contributed by atoms with Crippen LogP contribution in [0.15, 0.2) is 0 Å². The molecule has 5 heavy (non-hydrogen) atoms. The molecule has 4 radical (unpaired) electrons. The second-order valence-electron chi connectivity index (χ2n) is 0. The minimum absolute atomic E-state index is 0. The van der Waals surface area contributed by atoms with Crippen molar-refractivity contribution in [2.24, 2.45) is 0 Å². The average molecular weight is 86.0 g/mol. The zero-order valence-electron chi connectivity index (χ0n) is 1.98. The fourth-order valence-electron chi connectivity index (χ4n) is 0. The summed E-state index contributed by atoms with van der Waals surface area (Å²) in [7, 11) is 0. The Kier molecular flexibility index (Phi) is 1820. The summed E-state index contributed by atoms with van der Waals surface area (Å²) >= 11 is 0. The van der Waals surface area contributed by atoms with Gasteiger partial charge in [0.2, 0.25) is 0 Å². The van der Waals surface area contributed by atoms with Crippen LogP contribution in [-0.4, -0.2) is 0 Å². The summed E-state index contributed by atoms with van der Waals surface area (Å²) < 4.78 is 16.5. The van der Waals surface area contributed by atoms with E-state index in [4.69, 9.17) is 19.7 Å². The second kappa shape index (κ2) is 415. The van der Waals surface area contributed by atoms with E-state index in [2.05, 4.69) is 0 Å². The van der Waals surface area contributed by atoms with Gasteiger partial charge in [-0.3, -0.25) is 0 Å². The molecule has 3 nitrogen and oxygen atoms in total. The van der Waals surface area contributed by atoms with Crippen molar-refractivity contribution in [1.82, 2.24) is 0 Å². The molecule has 0 N–H and O–H groups in total. The van der Waals surface area contributed by atoms with Crippen LogP contribution in [0.4, 0.5) is 9.05 Å². The van der Waals surface area contributed by atoms with E-state index in [0.717, 1.165) is 0 Å². The van der Waals surface area contributed by atoms with Crippen molar-refractivity contribution in [2.45, 2.75) is 0 Å². The van der Waals surface area contributed by atoms with Crippen LogP contribution >= 0.6 is 0 Å². The Labute approximate surface area is 26.6 Å². The molecule has 0 amide bonds. The third-order valence-electron chi connectivity index (χ3n) is 0. The molecule has 0 aliphatic rings. The highest BCUT2D eigenvalue weighted by Gasteiger charge is 2.00. The molecule has 0 bridgehead atoms. The maximum atomic E-state index is 8.25. The zero-order chi connectivity index (χ0) is 4.00. The van der Waals surface area contributed by atoms with Crippen LogP contribution in [0.1, 0.15) is 0 Å². The first-order valence-corrected chi connectivity index (χ1v) is 0.309. The highest BCUT2D eigenvalue weighted by molar-refractivity contribution is 1.70. The molecule has 0 spiro atoms. The normalized spacial score (nSPS) is 2.40. The smallest absolute Gasteiger partial charge is 0.682 e. The molecule has 32 valence electrons. The van der Waals surface area contributed by atoms with E-state index in [1.807, 2.05) is 0 Å². The molecule has 0 aliphatic carbocycles. The van der Waals surface area contributed by atoms with E-state index in [0.29, 0.717) is 0 Å². The van der Waals surface area contributed by atoms with Gasteiger partial charge in [0, 0.05) is 0 Å². The van der Waals surface area contributed by atoms with Crippen LogP contribution in [0.25, 0.3) is 0 Å². The van der Waals surface area contributed by atoms with Crippen LogP contribution in [0, 0.1) is 0 Å². The van der Waals surface area contributed by atoms with Gasteiger partial charge in [0.1, 0.15) is 0 Å². The molecule has 0 saturated carbocycles. The van der Waals surface area contributed by atoms with Gasteiger partial charge < -0.3 is 19.7 Å². The number of hydrogen-bond acceptors (Lipinski definition) is 2. The van der Waals surface area contributed by atoms with Crippen molar-refractivity contribution in [1.29, 1.82) is 0 Å². The van der Waals surface area contributed by atoms with E-state index >= 15 is 0 Å². The highest BCUT2D eigenvalue weighted by atomic mass is 19.3. The molecular formula is F2O3. The molecule has 0 aliphatic heterocycles. The standard InChI is InChI=1S/2FO.O/c2*1-2;/q2*-1;+2. The maximum absolute atomic E-state index is 8.25. The van der Waals surface area contributed by atoms with E-state index in [1.54, 1.807) is 0 Å². The summed E-state index contributed by atoms with van der Waals surface area (Å²) in [5, 5.41) is 13.5. The third kappa shape index (κ3) is 168. The second-order valence-corrected chi connectivity index (χ2v) is 0. The predicted molar refractivity (Wildman–Crippen MR) is 2.90 cm³/mol. The van der Waals surface area contributed by atoms with Gasteiger partial charge in [-0.2, -0.15) is 0 Å². The molecule has 0 atom stereocenters. The van der Waals surface area contributed by atoms with Crippen molar-refractivity contribution in [3.63, 3.8) is 0 Å². The van der Waals surface area contributed by atoms with Crippen LogP contribution in [-0.2, 0) is 5.48 Å². The van der Waals surface area contributed by atoms with Crippen molar-refractivity contribution < 1.29 is 25.2 Å². The van der Waals surface area contributed by atoms with Crippen molar-refractivity contribution >= 4 is 0 Å². The summed E-state index contributed by atoms with van der Waals surface area (Å²) in [6.45, 7) is 0. The molecule has 0 aromatic heterocycles. The first-order chi connectivity index (χ1) is 2.00. The Morgan fingerprint density at radius 3 is 0.800 bits per heavy atom. The van der Waals surface area contributed by atoms with Crippen LogP contribution in [0.2, 0.25) is 0 Å². The van der Waals surface area contributed by atoms with Gasteiger partial charge in [-0.1, -0.05) is 0 Å². The quantitative estimate of drug-likeness (QED) is 0.354. The molecule has 0 fully saturated rings. The Hall–Kier alpha value is -0.260. The molecule has 0 unspecified atom stereocenters. The zero-order valence-corrected chi connectivity index (χ0v) is 1.98. The van der Waals surface area contributed by atoms with Gasteiger partial charge in [0.15, 0.2) is 0 Å². The van der Waals surface area contributed by atoms with Crippen molar-refractivity contribution in [3.05, 3.63) is 0 Å². The fourth-order valence-corrected chi connectivity index (χ4v) is 0. The third-order valence-corrected chi connectivity index (χ3v) is 0. The maximum Gasteiger partial charge on any atom is 2.00 e. The lowest BCUT2D eigenvalue weighted by atomic mass is 15.7. The molecular weight excluding hydrogens is 86.0 g/mol. The topological polar surface area (TPSA) is 74.6 Å². The summed E-state index contributed by atoms with van der Waals surface area (Å²) in [5.74, 6) is 0.